The standard InChI is InChI=1S/C9H18N2O/c1-4-7(10)8(12)11-5-9(2,3)6-11/h7H,4-6,10H2,1-3H3/t7-/m0/s1. The minimum atomic E-state index is -0.291. The summed E-state index contributed by atoms with van der Waals surface area (Å²) in [4.78, 5) is 13.3. The lowest BCUT2D eigenvalue weighted by Crippen LogP contribution is -2.59. The van der Waals surface area contributed by atoms with Crippen LogP contribution in [0, 0.1) is 5.41 Å². The van der Waals surface area contributed by atoms with Gasteiger partial charge in [0.2, 0.25) is 5.91 Å². The first-order valence-electron chi connectivity index (χ1n) is 4.50. The minimum Gasteiger partial charge on any atom is -0.340 e. The van der Waals surface area contributed by atoms with Crippen molar-refractivity contribution in [3.05, 3.63) is 0 Å². The van der Waals surface area contributed by atoms with Crippen LogP contribution in [0.5, 0.6) is 0 Å². The van der Waals surface area contributed by atoms with E-state index >= 15 is 0 Å². The van der Waals surface area contributed by atoms with Gasteiger partial charge >= 0.3 is 0 Å². The van der Waals surface area contributed by atoms with Gasteiger partial charge in [0.05, 0.1) is 6.04 Å². The normalized spacial score (nSPS) is 23.2. The maximum absolute atomic E-state index is 11.4. The summed E-state index contributed by atoms with van der Waals surface area (Å²) in [6.45, 7) is 7.98. The average molecular weight is 170 g/mol. The van der Waals surface area contributed by atoms with Gasteiger partial charge in [0, 0.05) is 13.1 Å². The molecule has 3 heteroatoms. The van der Waals surface area contributed by atoms with Crippen molar-refractivity contribution in [2.75, 3.05) is 13.1 Å². The number of nitrogens with two attached hydrogens (primary N) is 1. The van der Waals surface area contributed by atoms with E-state index in [1.807, 2.05) is 11.8 Å². The highest BCUT2D eigenvalue weighted by molar-refractivity contribution is 5.82. The maximum Gasteiger partial charge on any atom is 0.239 e. The molecule has 0 bridgehead atoms. The summed E-state index contributed by atoms with van der Waals surface area (Å²) >= 11 is 0. The number of likely N-dealkylation sites (tertiary alicyclic amines) is 1. The first-order valence-corrected chi connectivity index (χ1v) is 4.50. The Kier molecular flexibility index (Phi) is 2.42. The molecule has 2 N–H and O–H groups in total. The van der Waals surface area contributed by atoms with Gasteiger partial charge in [0.1, 0.15) is 0 Å². The summed E-state index contributed by atoms with van der Waals surface area (Å²) < 4.78 is 0. The highest BCUT2D eigenvalue weighted by atomic mass is 16.2. The number of rotatable bonds is 2. The summed E-state index contributed by atoms with van der Waals surface area (Å²) in [6, 6.07) is -0.291. The van der Waals surface area contributed by atoms with Crippen molar-refractivity contribution in [2.45, 2.75) is 33.2 Å². The second kappa shape index (κ2) is 3.05. The molecule has 0 spiro atoms. The number of hydrogen-bond donors (Lipinski definition) is 1. The van der Waals surface area contributed by atoms with E-state index in [4.69, 9.17) is 5.73 Å². The van der Waals surface area contributed by atoms with Crippen LogP contribution in [0.2, 0.25) is 0 Å². The second-order valence-electron chi connectivity index (χ2n) is 4.37. The van der Waals surface area contributed by atoms with Crippen LogP contribution < -0.4 is 5.73 Å². The molecule has 0 unspecified atom stereocenters. The predicted molar refractivity (Wildman–Crippen MR) is 48.6 cm³/mol. The van der Waals surface area contributed by atoms with Crippen molar-refractivity contribution in [1.29, 1.82) is 0 Å². The molecule has 0 saturated carbocycles. The third-order valence-corrected chi connectivity index (χ3v) is 2.31. The molecule has 1 fully saturated rings. The van der Waals surface area contributed by atoms with Crippen LogP contribution in [0.15, 0.2) is 0 Å². The molecule has 1 rings (SSSR count). The Hall–Kier alpha value is -0.570. The molecule has 3 nitrogen and oxygen atoms in total. The molecule has 0 aromatic carbocycles. The van der Waals surface area contributed by atoms with E-state index in [1.165, 1.54) is 0 Å². The Balaban J connectivity index is 2.38. The predicted octanol–water partition coefficient (Wildman–Crippen LogP) is 0.592. The van der Waals surface area contributed by atoms with Crippen LogP contribution in [-0.2, 0) is 4.79 Å². The summed E-state index contributed by atoms with van der Waals surface area (Å²) in [7, 11) is 0. The molecule has 1 saturated heterocycles. The van der Waals surface area contributed by atoms with Gasteiger partial charge < -0.3 is 10.6 Å². The highest BCUT2D eigenvalue weighted by Gasteiger charge is 2.38. The molecular weight excluding hydrogens is 152 g/mol. The Morgan fingerprint density at radius 2 is 2.08 bits per heavy atom. The fourth-order valence-corrected chi connectivity index (χ4v) is 1.55. The van der Waals surface area contributed by atoms with Crippen LogP contribution in [0.3, 0.4) is 0 Å². The van der Waals surface area contributed by atoms with Crippen molar-refractivity contribution >= 4 is 5.91 Å². The van der Waals surface area contributed by atoms with Gasteiger partial charge in [-0.2, -0.15) is 0 Å². The van der Waals surface area contributed by atoms with Crippen molar-refractivity contribution in [3.8, 4) is 0 Å². The molecule has 12 heavy (non-hydrogen) atoms. The highest BCUT2D eigenvalue weighted by Crippen LogP contribution is 2.28. The van der Waals surface area contributed by atoms with Gasteiger partial charge in [-0.05, 0) is 11.8 Å². The average Bonchev–Trinajstić information content (AvgIpc) is 1.97. The molecule has 70 valence electrons. The molecule has 0 aliphatic carbocycles. The molecule has 1 atom stereocenters. The number of hydrogen-bond acceptors (Lipinski definition) is 2. The van der Waals surface area contributed by atoms with Gasteiger partial charge in [-0.3, -0.25) is 4.79 Å². The molecule has 0 radical (unpaired) electrons. The first-order chi connectivity index (χ1) is 5.46. The van der Waals surface area contributed by atoms with Crippen LogP contribution >= 0.6 is 0 Å². The van der Waals surface area contributed by atoms with Crippen molar-refractivity contribution in [1.82, 2.24) is 4.90 Å². The van der Waals surface area contributed by atoms with Gasteiger partial charge in [0.25, 0.3) is 0 Å². The molecule has 1 heterocycles. The Morgan fingerprint density at radius 1 is 1.58 bits per heavy atom. The van der Waals surface area contributed by atoms with Crippen molar-refractivity contribution in [2.24, 2.45) is 11.1 Å². The summed E-state index contributed by atoms with van der Waals surface area (Å²) in [5.41, 5.74) is 5.93. The third kappa shape index (κ3) is 1.78. The Morgan fingerprint density at radius 3 is 2.42 bits per heavy atom. The molecule has 0 aromatic rings. The quantitative estimate of drug-likeness (QED) is 0.659. The fourth-order valence-electron chi connectivity index (χ4n) is 1.55. The summed E-state index contributed by atoms with van der Waals surface area (Å²) in [5, 5.41) is 0. The van der Waals surface area contributed by atoms with E-state index in [2.05, 4.69) is 13.8 Å². The molecule has 1 aliphatic rings. The summed E-state index contributed by atoms with van der Waals surface area (Å²) in [5.74, 6) is 0.108. The SMILES string of the molecule is CC[C@H](N)C(=O)N1CC(C)(C)C1. The maximum atomic E-state index is 11.4. The van der Waals surface area contributed by atoms with E-state index in [1.54, 1.807) is 0 Å². The lowest BCUT2D eigenvalue weighted by Gasteiger charge is -2.46. The zero-order valence-electron chi connectivity index (χ0n) is 8.13. The van der Waals surface area contributed by atoms with Crippen LogP contribution in [-0.4, -0.2) is 29.9 Å². The topological polar surface area (TPSA) is 46.3 Å². The van der Waals surface area contributed by atoms with Gasteiger partial charge in [-0.15, -0.1) is 0 Å². The van der Waals surface area contributed by atoms with E-state index in [0.717, 1.165) is 19.5 Å². The molecule has 1 amide bonds. The monoisotopic (exact) mass is 170 g/mol. The van der Waals surface area contributed by atoms with Gasteiger partial charge in [0.15, 0.2) is 0 Å². The van der Waals surface area contributed by atoms with E-state index in [9.17, 15) is 4.79 Å². The van der Waals surface area contributed by atoms with Gasteiger partial charge in [-0.25, -0.2) is 0 Å². The molecule has 1 aliphatic heterocycles. The number of carbonyl (C=O) groups is 1. The Labute approximate surface area is 73.9 Å². The molecule has 0 aromatic heterocycles. The molecular formula is C9H18N2O. The van der Waals surface area contributed by atoms with Crippen LogP contribution in [0.25, 0.3) is 0 Å². The largest absolute Gasteiger partial charge is 0.340 e. The third-order valence-electron chi connectivity index (χ3n) is 2.31. The zero-order valence-corrected chi connectivity index (χ0v) is 8.13. The van der Waals surface area contributed by atoms with Crippen LogP contribution in [0.1, 0.15) is 27.2 Å². The van der Waals surface area contributed by atoms with E-state index in [-0.39, 0.29) is 11.9 Å². The van der Waals surface area contributed by atoms with E-state index in [0.29, 0.717) is 5.41 Å². The minimum absolute atomic E-state index is 0.108. The smallest absolute Gasteiger partial charge is 0.239 e. The van der Waals surface area contributed by atoms with Crippen molar-refractivity contribution < 1.29 is 4.79 Å². The Bertz CT molecular complexity index is 181. The summed E-state index contributed by atoms with van der Waals surface area (Å²) in [6.07, 6.45) is 0.732. The van der Waals surface area contributed by atoms with Crippen molar-refractivity contribution in [3.63, 3.8) is 0 Å². The lowest BCUT2D eigenvalue weighted by molar-refractivity contribution is -0.142. The van der Waals surface area contributed by atoms with Gasteiger partial charge in [-0.1, -0.05) is 20.8 Å². The zero-order chi connectivity index (χ0) is 9.35. The number of amides is 1. The van der Waals surface area contributed by atoms with Crippen LogP contribution in [0.4, 0.5) is 0 Å². The first kappa shape index (κ1) is 9.52. The van der Waals surface area contributed by atoms with E-state index < -0.39 is 0 Å². The number of nitrogens with zero attached hydrogens (tertiary/aromatic N) is 1. The fraction of sp³-hybridized carbons (Fsp3) is 0.889. The lowest BCUT2D eigenvalue weighted by atomic mass is 9.84. The second-order valence-corrected chi connectivity index (χ2v) is 4.37. The number of carbonyl (C=O) groups excluding carboxylic acids is 1.